The Morgan fingerprint density at radius 3 is 2.66 bits per heavy atom. The van der Waals surface area contributed by atoms with Crippen molar-refractivity contribution in [1.82, 2.24) is 19.5 Å². The average molecular weight is 558 g/mol. The second-order valence-electron chi connectivity index (χ2n) is 6.51. The Labute approximate surface area is 192 Å². The smallest absolute Gasteiger partial charge is 0.280 e. The summed E-state index contributed by atoms with van der Waals surface area (Å²) in [5, 5.41) is 3.17. The lowest BCUT2D eigenvalue weighted by molar-refractivity contribution is -0.339. The van der Waals surface area contributed by atoms with Crippen molar-refractivity contribution in [2.24, 2.45) is 5.11 Å². The number of aromatic nitrogens is 4. The number of hydrogen-bond acceptors (Lipinski definition) is 17. The lowest BCUT2D eigenvalue weighted by Gasteiger charge is -2.37. The second kappa shape index (κ2) is 10.4. The molecule has 21 nitrogen and oxygen atoms in total. The summed E-state index contributed by atoms with van der Waals surface area (Å²) in [6.07, 6.45) is -2.18. The van der Waals surface area contributed by atoms with Crippen molar-refractivity contribution in [3.05, 3.63) is 27.1 Å². The summed E-state index contributed by atoms with van der Waals surface area (Å²) in [6, 6.07) is 0. The fourth-order valence-electron chi connectivity index (χ4n) is 2.95. The number of nitrogens with zero attached hydrogens (tertiary/aromatic N) is 6. The van der Waals surface area contributed by atoms with E-state index in [0.717, 1.165) is 0 Å². The van der Waals surface area contributed by atoms with E-state index in [1.807, 2.05) is 0 Å². The van der Waals surface area contributed by atoms with E-state index in [2.05, 4.69) is 38.1 Å². The summed E-state index contributed by atoms with van der Waals surface area (Å²) < 4.78 is 56.7. The summed E-state index contributed by atoms with van der Waals surface area (Å²) in [7, 11) is -18.1. The zero-order chi connectivity index (χ0) is 26.0. The first kappa shape index (κ1) is 27.4. The molecule has 0 aliphatic carbocycles. The van der Waals surface area contributed by atoms with Gasteiger partial charge in [0.2, 0.25) is 5.95 Å². The normalized spacial score (nSPS) is 24.1. The number of H-pyrrole nitrogens is 1. The third-order valence-electron chi connectivity index (χ3n) is 4.15. The highest BCUT2D eigenvalue weighted by atomic mass is 31.3. The molecule has 0 radical (unpaired) electrons. The molecule has 3 N–H and O–H groups in total. The third kappa shape index (κ3) is 7.39. The summed E-state index contributed by atoms with van der Waals surface area (Å²) >= 11 is 0. The maximum Gasteiger partial charge on any atom is 0.280 e. The molecule has 0 spiro atoms. The number of hydrogen-bond donors (Lipinski definition) is 2. The van der Waals surface area contributed by atoms with Crippen molar-refractivity contribution in [1.29, 1.82) is 0 Å². The van der Waals surface area contributed by atoms with Gasteiger partial charge in [0.25, 0.3) is 21.2 Å². The van der Waals surface area contributed by atoms with Gasteiger partial charge in [-0.1, -0.05) is 5.11 Å². The Hall–Kier alpha value is -2.21. The van der Waals surface area contributed by atoms with Crippen LogP contribution in [0.15, 0.2) is 16.2 Å². The molecule has 2 aromatic heterocycles. The molecule has 2 aromatic rings. The largest absolute Gasteiger partial charge is 0.790 e. The number of fused-ring (bicyclic) bond motifs is 1. The molecule has 194 valence electrons. The van der Waals surface area contributed by atoms with Gasteiger partial charge >= 0.3 is 0 Å². The van der Waals surface area contributed by atoms with Gasteiger partial charge in [-0.2, -0.15) is 4.98 Å². The monoisotopic (exact) mass is 558 g/mol. The first-order valence-corrected chi connectivity index (χ1v) is 13.3. The van der Waals surface area contributed by atoms with E-state index >= 15 is 0 Å². The zero-order valence-corrected chi connectivity index (χ0v) is 19.5. The number of nitrogens with one attached hydrogen (secondary N) is 1. The number of aromatic amines is 1. The summed E-state index contributed by atoms with van der Waals surface area (Å²) in [5.41, 5.74) is 13.2. The van der Waals surface area contributed by atoms with Crippen molar-refractivity contribution in [3.8, 4) is 0 Å². The number of rotatable bonds is 11. The summed E-state index contributed by atoms with van der Waals surface area (Å²) in [4.78, 5) is 68.5. The van der Waals surface area contributed by atoms with Crippen LogP contribution in [0.3, 0.4) is 0 Å². The highest BCUT2D eigenvalue weighted by molar-refractivity contribution is 7.64. The zero-order valence-electron chi connectivity index (χ0n) is 16.8. The van der Waals surface area contributed by atoms with Gasteiger partial charge in [-0.05, 0) is 5.53 Å². The van der Waals surface area contributed by atoms with E-state index in [1.165, 1.54) is 10.9 Å². The molecule has 1 aliphatic rings. The molecule has 35 heavy (non-hydrogen) atoms. The Morgan fingerprint density at radius 1 is 1.29 bits per heavy atom. The van der Waals surface area contributed by atoms with E-state index in [-0.39, 0.29) is 23.5 Å². The number of nitrogen functional groups attached to an aromatic ring is 1. The Kier molecular flexibility index (Phi) is 8.15. The molecule has 1 aliphatic heterocycles. The number of phosphoric ester groups is 1. The third-order valence-corrected chi connectivity index (χ3v) is 7.81. The van der Waals surface area contributed by atoms with Gasteiger partial charge in [0.15, 0.2) is 11.2 Å². The van der Waals surface area contributed by atoms with Crippen LogP contribution in [0.1, 0.15) is 12.6 Å². The molecular formula is C11H13N8O13P3-4. The van der Waals surface area contributed by atoms with Gasteiger partial charge in [0.1, 0.15) is 19.1 Å². The summed E-state index contributed by atoms with van der Waals surface area (Å²) in [5.74, 6) is -0.229. The van der Waals surface area contributed by atoms with Crippen LogP contribution in [-0.2, 0) is 36.3 Å². The average Bonchev–Trinajstić information content (AvgIpc) is 3.28. The standard InChI is InChI=1S/C11H17N8O13P3/c12-11-16-9-8(10(20)17-11)14-3-19(9)7-1-5(28-4-15-18-13)6(30-7)2-29-34(24,25)32-35(26,27)31-33(21,22)23/h3,5-7H,1-2,4H2,(H,24,25)(H,26,27)(H2,21,22,23)(H3,12,16,17,20)/p-4/t5-,6-,7-/m0/s1. The van der Waals surface area contributed by atoms with Gasteiger partial charge < -0.3 is 43.9 Å². The molecule has 0 aromatic carbocycles. The van der Waals surface area contributed by atoms with E-state index in [9.17, 15) is 38.1 Å². The van der Waals surface area contributed by atoms with Crippen molar-refractivity contribution in [2.75, 3.05) is 19.1 Å². The molecule has 24 heteroatoms. The molecule has 0 saturated carbocycles. The van der Waals surface area contributed by atoms with Gasteiger partial charge in [-0.3, -0.25) is 27.8 Å². The van der Waals surface area contributed by atoms with Crippen LogP contribution in [0.4, 0.5) is 5.95 Å². The van der Waals surface area contributed by atoms with Crippen LogP contribution in [0.2, 0.25) is 0 Å². The molecule has 5 atom stereocenters. The number of ether oxygens (including phenoxy) is 2. The minimum atomic E-state index is -6.15. The van der Waals surface area contributed by atoms with Crippen LogP contribution < -0.4 is 30.9 Å². The molecule has 0 amide bonds. The lowest BCUT2D eigenvalue weighted by atomic mass is 10.2. The molecule has 1 saturated heterocycles. The molecule has 3 heterocycles. The van der Waals surface area contributed by atoms with Crippen LogP contribution in [-0.4, -0.2) is 45.1 Å². The van der Waals surface area contributed by atoms with E-state index < -0.39 is 60.8 Å². The predicted molar refractivity (Wildman–Crippen MR) is 101 cm³/mol. The number of nitrogens with two attached hydrogens (primary N) is 1. The van der Waals surface area contributed by atoms with Gasteiger partial charge in [0.05, 0.1) is 26.9 Å². The van der Waals surface area contributed by atoms with Gasteiger partial charge in [0, 0.05) is 11.3 Å². The highest BCUT2D eigenvalue weighted by Crippen LogP contribution is 2.60. The first-order valence-electron chi connectivity index (χ1n) is 8.91. The van der Waals surface area contributed by atoms with Crippen molar-refractivity contribution < 1.29 is 55.9 Å². The van der Waals surface area contributed by atoms with Crippen molar-refractivity contribution >= 4 is 40.6 Å². The van der Waals surface area contributed by atoms with Crippen LogP contribution >= 0.6 is 23.5 Å². The molecule has 1 fully saturated rings. The van der Waals surface area contributed by atoms with Crippen LogP contribution in [0, 0.1) is 0 Å². The van der Waals surface area contributed by atoms with Crippen LogP contribution in [0.25, 0.3) is 21.6 Å². The lowest BCUT2D eigenvalue weighted by Crippen LogP contribution is -2.30. The number of imidazole rings is 1. The Morgan fingerprint density at radius 2 is 2.00 bits per heavy atom. The fourth-order valence-corrected chi connectivity index (χ4v) is 5.82. The van der Waals surface area contributed by atoms with E-state index in [1.54, 1.807) is 0 Å². The number of phosphoric acid groups is 3. The Bertz CT molecular complexity index is 1330. The number of azide groups is 1. The topological polar surface area (TPSA) is 328 Å². The van der Waals surface area contributed by atoms with Gasteiger partial charge in [-0.25, -0.2) is 9.29 Å². The predicted octanol–water partition coefficient (Wildman–Crippen LogP) is -2.54. The maximum absolute atomic E-state index is 12.0. The van der Waals surface area contributed by atoms with Gasteiger partial charge in [-0.15, -0.1) is 0 Å². The van der Waals surface area contributed by atoms with Crippen molar-refractivity contribution in [3.63, 3.8) is 0 Å². The first-order chi connectivity index (χ1) is 16.2. The maximum atomic E-state index is 12.0. The van der Waals surface area contributed by atoms with Crippen molar-refractivity contribution in [2.45, 2.75) is 24.9 Å². The quantitative estimate of drug-likeness (QED) is 0.124. The fraction of sp³-hybridized carbons (Fsp3) is 0.545. The molecular weight excluding hydrogens is 545 g/mol. The molecule has 3 rings (SSSR count). The second-order valence-corrected chi connectivity index (χ2v) is 10.8. The molecule has 2 unspecified atom stereocenters. The SMILES string of the molecule is [N-]=[N+]=NCO[C@H]1C[C@@H](n2cnc3c(=O)[nH]c(N)nc32)O[C@H]1COP(=O)([O-])OP(=O)([O-])OP(=O)([O-])[O-]. The minimum absolute atomic E-state index is 0.00791. The summed E-state index contributed by atoms with van der Waals surface area (Å²) in [6.45, 7) is -1.46. The van der Waals surface area contributed by atoms with E-state index in [4.69, 9.17) is 20.7 Å². The minimum Gasteiger partial charge on any atom is -0.790 e. The molecule has 0 bridgehead atoms. The van der Waals surface area contributed by atoms with E-state index in [0.29, 0.717) is 0 Å². The Balaban J connectivity index is 1.76. The van der Waals surface area contributed by atoms with Crippen LogP contribution in [0.5, 0.6) is 0 Å². The number of anilines is 1. The highest BCUT2D eigenvalue weighted by Gasteiger charge is 2.39.